The Kier molecular flexibility index (Phi) is 3.19. The molecule has 8 heteroatoms. The van der Waals surface area contributed by atoms with Crippen molar-refractivity contribution in [3.63, 3.8) is 0 Å². The van der Waals surface area contributed by atoms with E-state index in [1.54, 1.807) is 24.0 Å². The largest absolute Gasteiger partial charge is 0.478 e. The van der Waals surface area contributed by atoms with E-state index in [4.69, 9.17) is 16.7 Å². The van der Waals surface area contributed by atoms with Gasteiger partial charge in [0.25, 0.3) is 0 Å². The van der Waals surface area contributed by atoms with E-state index in [1.165, 1.54) is 18.5 Å². The van der Waals surface area contributed by atoms with Gasteiger partial charge in [0.1, 0.15) is 12.1 Å². The summed E-state index contributed by atoms with van der Waals surface area (Å²) in [5.74, 6) is -0.490. The molecule has 2 N–H and O–H groups in total. The number of aromatic nitrogens is 4. The number of aryl methyl sites for hydroxylation is 1. The molecule has 0 spiro atoms. The third kappa shape index (κ3) is 2.38. The first-order valence-electron chi connectivity index (χ1n) is 5.99. The van der Waals surface area contributed by atoms with Crippen molar-refractivity contribution in [1.29, 1.82) is 0 Å². The molecular weight excluding hydrogens is 294 g/mol. The second-order valence-corrected chi connectivity index (χ2v) is 4.76. The topological polar surface area (TPSA) is 92.9 Å². The lowest BCUT2D eigenvalue weighted by atomic mass is 10.2. The number of nitrogens with one attached hydrogen (secondary N) is 1. The lowest BCUT2D eigenvalue weighted by Crippen LogP contribution is -2.00. The van der Waals surface area contributed by atoms with Gasteiger partial charge in [0.15, 0.2) is 5.65 Å². The Morgan fingerprint density at radius 2 is 2.19 bits per heavy atom. The minimum Gasteiger partial charge on any atom is -0.478 e. The molecule has 0 aliphatic heterocycles. The molecule has 0 aliphatic carbocycles. The predicted molar refractivity (Wildman–Crippen MR) is 78.0 cm³/mol. The van der Waals surface area contributed by atoms with Gasteiger partial charge in [0.05, 0.1) is 22.2 Å². The molecule has 2 heterocycles. The molecule has 0 saturated heterocycles. The third-order valence-corrected chi connectivity index (χ3v) is 3.30. The molecule has 3 rings (SSSR count). The van der Waals surface area contributed by atoms with Crippen molar-refractivity contribution in [2.45, 2.75) is 0 Å². The molecule has 0 amide bonds. The van der Waals surface area contributed by atoms with Crippen LogP contribution in [0, 0.1) is 0 Å². The van der Waals surface area contributed by atoms with Gasteiger partial charge >= 0.3 is 5.97 Å². The van der Waals surface area contributed by atoms with Gasteiger partial charge in [0.2, 0.25) is 0 Å². The minimum absolute atomic E-state index is 0.0522. The van der Waals surface area contributed by atoms with Gasteiger partial charge in [-0.05, 0) is 18.2 Å². The number of halogens is 1. The zero-order valence-corrected chi connectivity index (χ0v) is 11.7. The van der Waals surface area contributed by atoms with Crippen LogP contribution in [0.15, 0.2) is 30.7 Å². The minimum atomic E-state index is -1.07. The summed E-state index contributed by atoms with van der Waals surface area (Å²) in [5, 5.41) is 17.1. The van der Waals surface area contributed by atoms with E-state index in [0.717, 1.165) is 5.39 Å². The van der Waals surface area contributed by atoms with Crippen LogP contribution >= 0.6 is 11.6 Å². The van der Waals surface area contributed by atoms with E-state index in [0.29, 0.717) is 17.2 Å². The average molecular weight is 304 g/mol. The van der Waals surface area contributed by atoms with Crippen molar-refractivity contribution >= 4 is 40.1 Å². The van der Waals surface area contributed by atoms with E-state index in [1.807, 2.05) is 0 Å². The first-order chi connectivity index (χ1) is 10.1. The first kappa shape index (κ1) is 13.3. The molecule has 106 valence electrons. The lowest BCUT2D eigenvalue weighted by Gasteiger charge is -2.08. The van der Waals surface area contributed by atoms with Crippen LogP contribution in [0.2, 0.25) is 5.02 Å². The summed E-state index contributed by atoms with van der Waals surface area (Å²) >= 11 is 5.94. The Balaban J connectivity index is 1.99. The zero-order chi connectivity index (χ0) is 15.0. The maximum atomic E-state index is 10.9. The summed E-state index contributed by atoms with van der Waals surface area (Å²) in [6, 6.07) is 4.60. The normalized spacial score (nSPS) is 10.8. The second-order valence-electron chi connectivity index (χ2n) is 4.35. The van der Waals surface area contributed by atoms with Crippen LogP contribution < -0.4 is 5.32 Å². The van der Waals surface area contributed by atoms with Gasteiger partial charge in [-0.15, -0.1) is 0 Å². The smallest absolute Gasteiger partial charge is 0.337 e. The number of rotatable bonds is 3. The molecule has 3 aromatic rings. The molecule has 0 atom stereocenters. The van der Waals surface area contributed by atoms with Crippen molar-refractivity contribution in [3.8, 4) is 0 Å². The third-order valence-electron chi connectivity index (χ3n) is 2.99. The van der Waals surface area contributed by atoms with Crippen LogP contribution in [0.1, 0.15) is 10.4 Å². The van der Waals surface area contributed by atoms with Crippen molar-refractivity contribution in [2.75, 3.05) is 5.32 Å². The molecule has 0 fully saturated rings. The molecule has 1 aromatic carbocycles. The summed E-state index contributed by atoms with van der Waals surface area (Å²) in [7, 11) is 1.79. The molecule has 0 bridgehead atoms. The van der Waals surface area contributed by atoms with Crippen LogP contribution in [0.4, 0.5) is 11.5 Å². The summed E-state index contributed by atoms with van der Waals surface area (Å²) < 4.78 is 1.64. The van der Waals surface area contributed by atoms with Gasteiger partial charge in [0, 0.05) is 12.7 Å². The van der Waals surface area contributed by atoms with Crippen molar-refractivity contribution in [2.24, 2.45) is 7.05 Å². The highest BCUT2D eigenvalue weighted by Gasteiger charge is 2.11. The number of hydrogen-bond acceptors (Lipinski definition) is 5. The standard InChI is InChI=1S/C13H10ClN5O2/c1-19-12-9(5-17-19)11(15-6-16-12)18-7-2-3-8(13(20)21)10(14)4-7/h2-6H,1H3,(H,20,21)(H,15,16,18). The summed E-state index contributed by atoms with van der Waals surface area (Å²) in [6.07, 6.45) is 3.09. The first-order valence-corrected chi connectivity index (χ1v) is 6.36. The molecule has 0 saturated carbocycles. The molecular formula is C13H10ClN5O2. The van der Waals surface area contributed by atoms with Gasteiger partial charge in [-0.25, -0.2) is 14.8 Å². The number of carboxylic acids is 1. The molecule has 0 unspecified atom stereocenters. The molecule has 7 nitrogen and oxygen atoms in total. The van der Waals surface area contributed by atoms with E-state index >= 15 is 0 Å². The number of aromatic carboxylic acids is 1. The summed E-state index contributed by atoms with van der Waals surface area (Å²) in [4.78, 5) is 19.2. The fourth-order valence-electron chi connectivity index (χ4n) is 1.96. The van der Waals surface area contributed by atoms with Crippen LogP contribution in [0.25, 0.3) is 11.0 Å². The van der Waals surface area contributed by atoms with Gasteiger partial charge in [-0.3, -0.25) is 4.68 Å². The summed E-state index contributed by atoms with van der Waals surface area (Å²) in [6.45, 7) is 0. The number of hydrogen-bond donors (Lipinski definition) is 2. The fourth-order valence-corrected chi connectivity index (χ4v) is 2.23. The Morgan fingerprint density at radius 3 is 2.90 bits per heavy atom. The Bertz CT molecular complexity index is 846. The highest BCUT2D eigenvalue weighted by Crippen LogP contribution is 2.26. The number of carbonyl (C=O) groups is 1. The number of nitrogens with zero attached hydrogens (tertiary/aromatic N) is 4. The van der Waals surface area contributed by atoms with Crippen LogP contribution in [-0.4, -0.2) is 30.8 Å². The van der Waals surface area contributed by atoms with Gasteiger partial charge in [-0.2, -0.15) is 5.10 Å². The lowest BCUT2D eigenvalue weighted by molar-refractivity contribution is 0.0697. The van der Waals surface area contributed by atoms with E-state index in [-0.39, 0.29) is 10.6 Å². The van der Waals surface area contributed by atoms with Crippen molar-refractivity contribution in [1.82, 2.24) is 19.7 Å². The molecule has 0 radical (unpaired) electrons. The Labute approximate surface area is 124 Å². The Morgan fingerprint density at radius 1 is 1.38 bits per heavy atom. The second kappa shape index (κ2) is 5.02. The van der Waals surface area contributed by atoms with E-state index in [2.05, 4.69) is 20.4 Å². The highest BCUT2D eigenvalue weighted by molar-refractivity contribution is 6.33. The predicted octanol–water partition coefficient (Wildman–Crippen LogP) is 2.46. The van der Waals surface area contributed by atoms with Crippen LogP contribution in [0.5, 0.6) is 0 Å². The van der Waals surface area contributed by atoms with Crippen molar-refractivity contribution < 1.29 is 9.90 Å². The average Bonchev–Trinajstić information content (AvgIpc) is 2.81. The molecule has 2 aromatic heterocycles. The zero-order valence-electron chi connectivity index (χ0n) is 10.9. The number of anilines is 2. The van der Waals surface area contributed by atoms with E-state index < -0.39 is 5.97 Å². The maximum absolute atomic E-state index is 10.9. The summed E-state index contributed by atoms with van der Waals surface area (Å²) in [5.41, 5.74) is 1.38. The van der Waals surface area contributed by atoms with Crippen LogP contribution in [-0.2, 0) is 7.05 Å². The van der Waals surface area contributed by atoms with Crippen molar-refractivity contribution in [3.05, 3.63) is 41.3 Å². The number of fused-ring (bicyclic) bond motifs is 1. The number of benzene rings is 1. The van der Waals surface area contributed by atoms with E-state index in [9.17, 15) is 4.79 Å². The van der Waals surface area contributed by atoms with Gasteiger partial charge in [-0.1, -0.05) is 11.6 Å². The Hall–Kier alpha value is -2.67. The molecule has 0 aliphatic rings. The maximum Gasteiger partial charge on any atom is 0.337 e. The van der Waals surface area contributed by atoms with Crippen LogP contribution in [0.3, 0.4) is 0 Å². The quantitative estimate of drug-likeness (QED) is 0.772. The monoisotopic (exact) mass is 303 g/mol. The van der Waals surface area contributed by atoms with Gasteiger partial charge < -0.3 is 10.4 Å². The number of carboxylic acid groups (broad SMARTS) is 1. The fraction of sp³-hybridized carbons (Fsp3) is 0.0769. The highest BCUT2D eigenvalue weighted by atomic mass is 35.5. The SMILES string of the molecule is Cn1ncc2c(Nc3ccc(C(=O)O)c(Cl)c3)ncnc21. The molecule has 21 heavy (non-hydrogen) atoms.